The molecule has 0 heterocycles. The van der Waals surface area contributed by atoms with Crippen LogP contribution < -0.4 is 4.72 Å². The Morgan fingerprint density at radius 2 is 1.95 bits per heavy atom. The predicted molar refractivity (Wildman–Crippen MR) is 83.2 cm³/mol. The second-order valence-corrected chi connectivity index (χ2v) is 7.90. The lowest BCUT2D eigenvalue weighted by Crippen LogP contribution is -2.27. The number of carboxylic acids is 1. The molecule has 2 N–H and O–H groups in total. The molecule has 0 aliphatic rings. The van der Waals surface area contributed by atoms with E-state index in [2.05, 4.69) is 36.6 Å². The number of hydrogen-bond donors (Lipinski definition) is 2. The molecule has 0 saturated carbocycles. The Hall–Kier alpha value is -0.440. The molecule has 0 aliphatic carbocycles. The average molecular weight is 429 g/mol. The van der Waals surface area contributed by atoms with Crippen molar-refractivity contribution in [1.82, 2.24) is 4.72 Å². The molecule has 1 aromatic carbocycles. The van der Waals surface area contributed by atoms with Crippen LogP contribution in [0.4, 0.5) is 0 Å². The largest absolute Gasteiger partial charge is 0.481 e. The fraction of sp³-hybridized carbons (Fsp3) is 0.417. The van der Waals surface area contributed by atoms with Crippen molar-refractivity contribution in [3.63, 3.8) is 0 Å². The maximum Gasteiger partial charge on any atom is 0.306 e. The van der Waals surface area contributed by atoms with E-state index in [4.69, 9.17) is 5.11 Å². The summed E-state index contributed by atoms with van der Waals surface area (Å²) in [5.41, 5.74) is 0.912. The van der Waals surface area contributed by atoms with Crippen LogP contribution in [0.1, 0.15) is 18.9 Å². The summed E-state index contributed by atoms with van der Waals surface area (Å²) in [6.45, 7) is 3.47. The van der Waals surface area contributed by atoms with Crippen LogP contribution in [0.2, 0.25) is 0 Å². The summed E-state index contributed by atoms with van der Waals surface area (Å²) in [5.74, 6) is -1.53. The fourth-order valence-corrected chi connectivity index (χ4v) is 4.17. The van der Waals surface area contributed by atoms with Crippen LogP contribution >= 0.6 is 31.9 Å². The molecule has 1 unspecified atom stereocenters. The molecule has 0 bridgehead atoms. The van der Waals surface area contributed by atoms with Gasteiger partial charge in [0.2, 0.25) is 10.0 Å². The van der Waals surface area contributed by atoms with Crippen LogP contribution in [0.3, 0.4) is 0 Å². The monoisotopic (exact) mass is 427 g/mol. The van der Waals surface area contributed by atoms with Crippen LogP contribution in [0.25, 0.3) is 0 Å². The van der Waals surface area contributed by atoms with Crippen LogP contribution in [0.5, 0.6) is 0 Å². The summed E-state index contributed by atoms with van der Waals surface area (Å²) in [6.07, 6.45) is 0.235. The molecule has 1 aromatic rings. The van der Waals surface area contributed by atoms with Crippen LogP contribution in [0, 0.1) is 12.8 Å². The molecular formula is C12H15Br2NO4S. The molecule has 0 spiro atoms. The lowest BCUT2D eigenvalue weighted by atomic mass is 10.1. The normalized spacial score (nSPS) is 13.2. The zero-order valence-corrected chi connectivity index (χ0v) is 15.0. The molecule has 0 saturated heterocycles. The number of carboxylic acid groups (broad SMARTS) is 1. The third-order valence-corrected chi connectivity index (χ3v) is 6.07. The molecule has 0 radical (unpaired) electrons. The molecule has 8 heteroatoms. The first-order chi connectivity index (χ1) is 9.15. The first-order valence-electron chi connectivity index (χ1n) is 5.83. The van der Waals surface area contributed by atoms with E-state index in [1.54, 1.807) is 6.07 Å². The number of aliphatic carboxylic acids is 1. The summed E-state index contributed by atoms with van der Waals surface area (Å²) in [4.78, 5) is 10.8. The van der Waals surface area contributed by atoms with Crippen molar-refractivity contribution in [1.29, 1.82) is 0 Å². The molecule has 5 nitrogen and oxygen atoms in total. The van der Waals surface area contributed by atoms with Crippen LogP contribution in [-0.2, 0) is 14.8 Å². The van der Waals surface area contributed by atoms with Crippen molar-refractivity contribution in [3.8, 4) is 0 Å². The van der Waals surface area contributed by atoms with Gasteiger partial charge in [-0.1, -0.05) is 22.9 Å². The van der Waals surface area contributed by atoms with Crippen molar-refractivity contribution in [2.45, 2.75) is 25.2 Å². The number of nitrogens with one attached hydrogen (secondary N) is 1. The second kappa shape index (κ2) is 7.02. The molecule has 1 rings (SSSR count). The van der Waals surface area contributed by atoms with Gasteiger partial charge in [0.1, 0.15) is 0 Å². The van der Waals surface area contributed by atoms with E-state index >= 15 is 0 Å². The topological polar surface area (TPSA) is 83.5 Å². The number of aryl methyl sites for hydroxylation is 1. The third kappa shape index (κ3) is 4.54. The van der Waals surface area contributed by atoms with E-state index in [0.29, 0.717) is 8.95 Å². The Morgan fingerprint density at radius 1 is 1.35 bits per heavy atom. The highest BCUT2D eigenvalue weighted by Crippen LogP contribution is 2.28. The van der Waals surface area contributed by atoms with E-state index in [0.717, 1.165) is 5.56 Å². The van der Waals surface area contributed by atoms with Gasteiger partial charge in [-0.25, -0.2) is 13.1 Å². The van der Waals surface area contributed by atoms with Crippen LogP contribution in [-0.4, -0.2) is 26.0 Å². The lowest BCUT2D eigenvalue weighted by Gasteiger charge is -2.11. The number of benzene rings is 1. The van der Waals surface area contributed by atoms with Crippen molar-refractivity contribution < 1.29 is 18.3 Å². The standard InChI is InChI=1S/C12H15Br2NO4S/c1-7(12(16)17)3-4-15-20(18,19)11-6-9(13)8(2)5-10(11)14/h5-7,15H,3-4H2,1-2H3,(H,16,17). The Morgan fingerprint density at radius 3 is 2.50 bits per heavy atom. The molecule has 0 aromatic heterocycles. The average Bonchev–Trinajstić information content (AvgIpc) is 2.33. The zero-order chi connectivity index (χ0) is 15.5. The van der Waals surface area contributed by atoms with Gasteiger partial charge in [-0.15, -0.1) is 0 Å². The molecular weight excluding hydrogens is 414 g/mol. The van der Waals surface area contributed by atoms with E-state index < -0.39 is 21.9 Å². The van der Waals surface area contributed by atoms with E-state index in [1.165, 1.54) is 13.0 Å². The number of rotatable bonds is 6. The number of halogens is 2. The summed E-state index contributed by atoms with van der Waals surface area (Å²) in [5, 5.41) is 8.75. The highest BCUT2D eigenvalue weighted by atomic mass is 79.9. The second-order valence-electron chi connectivity index (χ2n) is 4.46. The van der Waals surface area contributed by atoms with Crippen molar-refractivity contribution in [3.05, 3.63) is 26.6 Å². The summed E-state index contributed by atoms with van der Waals surface area (Å²) < 4.78 is 27.9. The first-order valence-corrected chi connectivity index (χ1v) is 8.90. The molecule has 20 heavy (non-hydrogen) atoms. The van der Waals surface area contributed by atoms with Gasteiger partial charge in [-0.05, 0) is 47.0 Å². The summed E-state index contributed by atoms with van der Waals surface area (Å²) in [6, 6.07) is 3.22. The number of carbonyl (C=O) groups is 1. The zero-order valence-electron chi connectivity index (χ0n) is 11.0. The van der Waals surface area contributed by atoms with Gasteiger partial charge in [0, 0.05) is 15.5 Å². The molecule has 0 aliphatic heterocycles. The minimum Gasteiger partial charge on any atom is -0.481 e. The number of hydrogen-bond acceptors (Lipinski definition) is 3. The van der Waals surface area contributed by atoms with Gasteiger partial charge >= 0.3 is 5.97 Å². The highest BCUT2D eigenvalue weighted by Gasteiger charge is 2.19. The molecule has 0 amide bonds. The van der Waals surface area contributed by atoms with Crippen molar-refractivity contribution in [2.75, 3.05) is 6.54 Å². The minimum atomic E-state index is -3.67. The maximum absolute atomic E-state index is 12.2. The Balaban J connectivity index is 2.85. The molecule has 112 valence electrons. The molecule has 1 atom stereocenters. The quantitative estimate of drug-likeness (QED) is 0.729. The summed E-state index contributed by atoms with van der Waals surface area (Å²) in [7, 11) is -3.67. The van der Waals surface area contributed by atoms with E-state index in [9.17, 15) is 13.2 Å². The Labute approximate surface area is 135 Å². The summed E-state index contributed by atoms with van der Waals surface area (Å²) >= 11 is 6.52. The van der Waals surface area contributed by atoms with Crippen molar-refractivity contribution >= 4 is 47.9 Å². The lowest BCUT2D eigenvalue weighted by molar-refractivity contribution is -0.141. The third-order valence-electron chi connectivity index (χ3n) is 2.79. The smallest absolute Gasteiger partial charge is 0.306 e. The Kier molecular flexibility index (Phi) is 6.18. The first kappa shape index (κ1) is 17.6. The van der Waals surface area contributed by atoms with Gasteiger partial charge in [0.05, 0.1) is 10.8 Å². The SMILES string of the molecule is Cc1cc(Br)c(S(=O)(=O)NCCC(C)C(=O)O)cc1Br. The Bertz CT molecular complexity index is 616. The fourth-order valence-electron chi connectivity index (χ4n) is 1.44. The van der Waals surface area contributed by atoms with Gasteiger partial charge in [-0.3, -0.25) is 4.79 Å². The maximum atomic E-state index is 12.2. The van der Waals surface area contributed by atoms with E-state index in [-0.39, 0.29) is 17.9 Å². The van der Waals surface area contributed by atoms with Gasteiger partial charge in [-0.2, -0.15) is 0 Å². The van der Waals surface area contributed by atoms with E-state index in [1.807, 2.05) is 6.92 Å². The van der Waals surface area contributed by atoms with Gasteiger partial charge < -0.3 is 5.11 Å². The van der Waals surface area contributed by atoms with Gasteiger partial charge in [0.15, 0.2) is 0 Å². The minimum absolute atomic E-state index is 0.0771. The molecule has 0 fully saturated rings. The predicted octanol–water partition coefficient (Wildman–Crippen LogP) is 2.91. The highest BCUT2D eigenvalue weighted by molar-refractivity contribution is 9.11. The number of sulfonamides is 1. The van der Waals surface area contributed by atoms with Crippen LogP contribution in [0.15, 0.2) is 26.0 Å². The van der Waals surface area contributed by atoms with Gasteiger partial charge in [0.25, 0.3) is 0 Å². The van der Waals surface area contributed by atoms with Crippen molar-refractivity contribution in [2.24, 2.45) is 5.92 Å².